The van der Waals surface area contributed by atoms with Crippen LogP contribution >= 0.6 is 11.6 Å². The summed E-state index contributed by atoms with van der Waals surface area (Å²) in [6, 6.07) is 5.22. The van der Waals surface area contributed by atoms with Crippen molar-refractivity contribution in [2.24, 2.45) is 0 Å². The number of hydrogen-bond donors (Lipinski definition) is 0. The highest BCUT2D eigenvalue weighted by atomic mass is 35.5. The van der Waals surface area contributed by atoms with Gasteiger partial charge in [0.25, 0.3) is 5.69 Å². The van der Waals surface area contributed by atoms with E-state index < -0.39 is 0 Å². The molecule has 0 bridgehead atoms. The Hall–Kier alpha value is -1.33. The number of alkyl halides is 1. The number of hydrogen-bond acceptors (Lipinski definition) is 4. The first-order chi connectivity index (χ1) is 8.97. The molecule has 0 radical (unpaired) electrons. The highest BCUT2D eigenvalue weighted by Crippen LogP contribution is 2.24. The summed E-state index contributed by atoms with van der Waals surface area (Å²) in [5.41, 5.74) is 1.92. The normalized spacial score (nSPS) is 10.8. The number of non-ortho nitro benzene ring substituents is 1. The van der Waals surface area contributed by atoms with Gasteiger partial charge in [-0.25, -0.2) is 0 Å². The molecule has 1 rings (SSSR count). The van der Waals surface area contributed by atoms with Crippen molar-refractivity contribution in [1.29, 1.82) is 0 Å². The van der Waals surface area contributed by atoms with Gasteiger partial charge in [-0.1, -0.05) is 0 Å². The van der Waals surface area contributed by atoms with Crippen molar-refractivity contribution in [2.45, 2.75) is 13.5 Å². The van der Waals surface area contributed by atoms with Crippen LogP contribution in [0.2, 0.25) is 0 Å². The van der Waals surface area contributed by atoms with E-state index >= 15 is 0 Å². The monoisotopic (exact) mass is 285 g/mol. The van der Waals surface area contributed by atoms with Crippen molar-refractivity contribution in [2.75, 3.05) is 38.0 Å². The third-order valence-corrected chi connectivity index (χ3v) is 2.94. The number of nitrogens with zero attached hydrogens (tertiary/aromatic N) is 3. The molecule has 6 heteroatoms. The number of halogens is 1. The molecule has 0 aliphatic carbocycles. The molecule has 1 aromatic carbocycles. The summed E-state index contributed by atoms with van der Waals surface area (Å²) in [7, 11) is 3.88. The molecule has 1 aromatic rings. The maximum Gasteiger partial charge on any atom is 0.271 e. The predicted molar refractivity (Wildman–Crippen MR) is 79.1 cm³/mol. The van der Waals surface area contributed by atoms with E-state index in [1.54, 1.807) is 12.1 Å². The summed E-state index contributed by atoms with van der Waals surface area (Å²) in [5, 5.41) is 11.0. The van der Waals surface area contributed by atoms with Crippen LogP contribution in [-0.4, -0.2) is 42.9 Å². The van der Waals surface area contributed by atoms with E-state index in [1.165, 1.54) is 0 Å². The molecule has 0 aliphatic heterocycles. The topological polar surface area (TPSA) is 49.6 Å². The fraction of sp³-hybridized carbons (Fsp3) is 0.538. The Morgan fingerprint density at radius 3 is 2.47 bits per heavy atom. The first-order valence-electron chi connectivity index (χ1n) is 6.22. The van der Waals surface area contributed by atoms with Gasteiger partial charge in [0, 0.05) is 43.3 Å². The predicted octanol–water partition coefficient (Wildman–Crippen LogP) is 2.72. The second-order valence-corrected chi connectivity index (χ2v) is 5.00. The second-order valence-electron chi connectivity index (χ2n) is 4.62. The number of nitro groups is 1. The van der Waals surface area contributed by atoms with E-state index in [0.29, 0.717) is 19.0 Å². The van der Waals surface area contributed by atoms with Crippen LogP contribution < -0.4 is 4.90 Å². The van der Waals surface area contributed by atoms with E-state index in [9.17, 15) is 10.1 Å². The van der Waals surface area contributed by atoms with E-state index in [0.717, 1.165) is 17.8 Å². The highest BCUT2D eigenvalue weighted by molar-refractivity contribution is 6.18. The van der Waals surface area contributed by atoms with Gasteiger partial charge in [0.15, 0.2) is 0 Å². The third kappa shape index (κ3) is 4.69. The van der Waals surface area contributed by atoms with E-state index in [1.807, 2.05) is 36.9 Å². The Labute approximate surface area is 118 Å². The van der Waals surface area contributed by atoms with Crippen molar-refractivity contribution in [3.05, 3.63) is 33.9 Å². The number of rotatable bonds is 7. The van der Waals surface area contributed by atoms with Crippen molar-refractivity contribution >= 4 is 23.0 Å². The number of nitro benzene ring substituents is 1. The van der Waals surface area contributed by atoms with Gasteiger partial charge in [-0.3, -0.25) is 10.1 Å². The molecule has 0 saturated heterocycles. The van der Waals surface area contributed by atoms with Crippen LogP contribution in [0.4, 0.5) is 11.4 Å². The summed E-state index contributed by atoms with van der Waals surface area (Å²) in [5.74, 6) is 0.500. The van der Waals surface area contributed by atoms with E-state index in [4.69, 9.17) is 11.6 Å². The van der Waals surface area contributed by atoms with Crippen LogP contribution in [0, 0.1) is 10.1 Å². The molecule has 0 saturated carbocycles. The molecule has 0 aliphatic rings. The maximum atomic E-state index is 11.0. The van der Waals surface area contributed by atoms with Crippen LogP contribution in [0.1, 0.15) is 12.5 Å². The van der Waals surface area contributed by atoms with Crippen LogP contribution in [0.25, 0.3) is 0 Å². The lowest BCUT2D eigenvalue weighted by Crippen LogP contribution is -2.25. The Balaban J connectivity index is 3.14. The zero-order valence-electron chi connectivity index (χ0n) is 11.6. The van der Waals surface area contributed by atoms with Crippen LogP contribution in [0.3, 0.4) is 0 Å². The molecule has 0 fully saturated rings. The highest BCUT2D eigenvalue weighted by Gasteiger charge is 2.13. The van der Waals surface area contributed by atoms with Crippen molar-refractivity contribution < 1.29 is 4.92 Å². The lowest BCUT2D eigenvalue weighted by atomic mass is 10.1. The molecule has 106 valence electrons. The summed E-state index contributed by atoms with van der Waals surface area (Å²) >= 11 is 5.77. The van der Waals surface area contributed by atoms with Gasteiger partial charge < -0.3 is 9.80 Å². The second kappa shape index (κ2) is 7.31. The van der Waals surface area contributed by atoms with E-state index in [-0.39, 0.29) is 10.6 Å². The Morgan fingerprint density at radius 1 is 1.32 bits per heavy atom. The molecular formula is C13H20ClN3O2. The van der Waals surface area contributed by atoms with Crippen molar-refractivity contribution in [3.8, 4) is 0 Å². The Kier molecular flexibility index (Phi) is 6.05. The van der Waals surface area contributed by atoms with Crippen molar-refractivity contribution in [3.63, 3.8) is 0 Å². The molecule has 0 amide bonds. The van der Waals surface area contributed by atoms with Crippen molar-refractivity contribution in [1.82, 2.24) is 4.90 Å². The van der Waals surface area contributed by atoms with Gasteiger partial charge in [-0.15, -0.1) is 11.6 Å². The molecule has 0 N–H and O–H groups in total. The minimum atomic E-state index is -0.350. The quantitative estimate of drug-likeness (QED) is 0.439. The fourth-order valence-electron chi connectivity index (χ4n) is 1.97. The molecule has 0 unspecified atom stereocenters. The zero-order valence-corrected chi connectivity index (χ0v) is 12.4. The van der Waals surface area contributed by atoms with Gasteiger partial charge in [-0.05, 0) is 32.6 Å². The number of anilines is 1. The molecule has 0 heterocycles. The summed E-state index contributed by atoms with van der Waals surface area (Å²) in [4.78, 5) is 14.7. The minimum absolute atomic E-state index is 0.127. The average Bonchev–Trinajstić information content (AvgIpc) is 2.34. The fourth-order valence-corrected chi connectivity index (χ4v) is 2.18. The first kappa shape index (κ1) is 15.7. The Morgan fingerprint density at radius 2 is 2.00 bits per heavy atom. The largest absolute Gasteiger partial charge is 0.370 e. The minimum Gasteiger partial charge on any atom is -0.370 e. The van der Waals surface area contributed by atoms with Crippen LogP contribution in [0.5, 0.6) is 0 Å². The van der Waals surface area contributed by atoms with Gasteiger partial charge in [0.05, 0.1) is 4.92 Å². The van der Waals surface area contributed by atoms with E-state index in [2.05, 4.69) is 0 Å². The molecule has 19 heavy (non-hydrogen) atoms. The lowest BCUT2D eigenvalue weighted by molar-refractivity contribution is -0.384. The molecule has 0 spiro atoms. The van der Waals surface area contributed by atoms with Crippen LogP contribution in [0.15, 0.2) is 18.2 Å². The maximum absolute atomic E-state index is 11.0. The standard InChI is InChI=1S/C13H20ClN3O2/c1-4-16(6-5-14)12-7-11(10-15(2)3)8-13(9-12)17(18)19/h7-9H,4-6,10H2,1-3H3. The summed E-state index contributed by atoms with van der Waals surface area (Å²) in [6.45, 7) is 4.14. The molecule has 0 atom stereocenters. The van der Waals surface area contributed by atoms with Gasteiger partial charge in [-0.2, -0.15) is 0 Å². The zero-order chi connectivity index (χ0) is 14.4. The summed E-state index contributed by atoms with van der Waals surface area (Å²) in [6.07, 6.45) is 0. The van der Waals surface area contributed by atoms with Gasteiger partial charge in [0.1, 0.15) is 0 Å². The third-order valence-electron chi connectivity index (χ3n) is 2.77. The van der Waals surface area contributed by atoms with Crippen LogP contribution in [-0.2, 0) is 6.54 Å². The smallest absolute Gasteiger partial charge is 0.271 e. The molecular weight excluding hydrogens is 266 g/mol. The van der Waals surface area contributed by atoms with Gasteiger partial charge in [0.2, 0.25) is 0 Å². The number of benzene rings is 1. The molecule has 5 nitrogen and oxygen atoms in total. The first-order valence-corrected chi connectivity index (χ1v) is 6.75. The Bertz CT molecular complexity index is 438. The average molecular weight is 286 g/mol. The molecule has 0 aromatic heterocycles. The lowest BCUT2D eigenvalue weighted by Gasteiger charge is -2.23. The summed E-state index contributed by atoms with van der Waals surface area (Å²) < 4.78 is 0. The SMILES string of the molecule is CCN(CCCl)c1cc(CN(C)C)cc([N+](=O)[O-])c1. The van der Waals surface area contributed by atoms with Gasteiger partial charge >= 0.3 is 0 Å².